The second kappa shape index (κ2) is 8.75. The SMILES string of the molecule is Cc1[nH]c(/C=C2/C(=O)NN=C2c2cccnn2)c(C2CC2)c1CCCCNC1CCC1. The molecule has 3 N–H and O–H groups in total. The van der Waals surface area contributed by atoms with Crippen LogP contribution in [-0.4, -0.2) is 39.4 Å². The summed E-state index contributed by atoms with van der Waals surface area (Å²) in [7, 11) is 0. The van der Waals surface area contributed by atoms with Crippen LogP contribution in [0.25, 0.3) is 6.08 Å². The number of H-pyrrole nitrogens is 1. The van der Waals surface area contributed by atoms with E-state index in [1.807, 2.05) is 12.1 Å². The molecule has 2 aromatic heterocycles. The van der Waals surface area contributed by atoms with Gasteiger partial charge in [-0.05, 0) is 93.7 Å². The molecular formula is C24H30N6O. The zero-order valence-electron chi connectivity index (χ0n) is 18.1. The van der Waals surface area contributed by atoms with Gasteiger partial charge in [-0.25, -0.2) is 5.43 Å². The normalized spacial score (nSPS) is 20.1. The van der Waals surface area contributed by atoms with Gasteiger partial charge in [-0.15, -0.1) is 5.10 Å². The molecule has 0 unspecified atom stereocenters. The molecule has 0 aromatic carbocycles. The van der Waals surface area contributed by atoms with Gasteiger partial charge in [0, 0.05) is 23.6 Å². The van der Waals surface area contributed by atoms with Crippen LogP contribution < -0.4 is 10.7 Å². The molecule has 1 aliphatic heterocycles. The number of hydrogen-bond donors (Lipinski definition) is 3. The van der Waals surface area contributed by atoms with Crippen molar-refractivity contribution in [3.63, 3.8) is 0 Å². The van der Waals surface area contributed by atoms with Gasteiger partial charge in [0.1, 0.15) is 11.4 Å². The van der Waals surface area contributed by atoms with Crippen LogP contribution in [0, 0.1) is 6.92 Å². The van der Waals surface area contributed by atoms with Gasteiger partial charge in [-0.2, -0.15) is 10.2 Å². The van der Waals surface area contributed by atoms with Crippen molar-refractivity contribution in [2.75, 3.05) is 6.54 Å². The first-order valence-electron chi connectivity index (χ1n) is 11.5. The molecule has 0 saturated heterocycles. The Morgan fingerprint density at radius 3 is 2.81 bits per heavy atom. The molecule has 162 valence electrons. The first-order chi connectivity index (χ1) is 15.2. The fraction of sp³-hybridized carbons (Fsp3) is 0.500. The molecule has 0 bridgehead atoms. The van der Waals surface area contributed by atoms with Crippen molar-refractivity contribution in [1.82, 2.24) is 25.9 Å². The van der Waals surface area contributed by atoms with Crippen molar-refractivity contribution < 1.29 is 4.79 Å². The maximum atomic E-state index is 12.5. The lowest BCUT2D eigenvalue weighted by Crippen LogP contribution is -2.35. The predicted octanol–water partition coefficient (Wildman–Crippen LogP) is 3.37. The summed E-state index contributed by atoms with van der Waals surface area (Å²) < 4.78 is 0. The maximum absolute atomic E-state index is 12.5. The van der Waals surface area contributed by atoms with E-state index in [-0.39, 0.29) is 5.91 Å². The second-order valence-corrected chi connectivity index (χ2v) is 8.94. The lowest BCUT2D eigenvalue weighted by Gasteiger charge is -2.26. The van der Waals surface area contributed by atoms with Crippen LogP contribution in [0.15, 0.2) is 29.0 Å². The standard InChI is InChI=1S/C24H30N6O/c1-15-18(8-2-3-12-25-17-6-4-7-17)22(16-10-11-16)21(27-15)14-19-23(29-30-24(19)31)20-9-5-13-26-28-20/h5,9,13-14,16-17,25,27H,2-4,6-8,10-12H2,1H3,(H,30,31)/b19-14+. The van der Waals surface area contributed by atoms with Gasteiger partial charge in [0.15, 0.2) is 0 Å². The average molecular weight is 419 g/mol. The van der Waals surface area contributed by atoms with Crippen LogP contribution in [0.1, 0.15) is 79.1 Å². The van der Waals surface area contributed by atoms with Gasteiger partial charge < -0.3 is 10.3 Å². The molecule has 0 radical (unpaired) electrons. The van der Waals surface area contributed by atoms with Crippen LogP contribution in [0.3, 0.4) is 0 Å². The molecule has 2 saturated carbocycles. The largest absolute Gasteiger partial charge is 0.359 e. The Bertz CT molecular complexity index is 1010. The number of hydrazone groups is 1. The Morgan fingerprint density at radius 1 is 1.23 bits per heavy atom. The van der Waals surface area contributed by atoms with Crippen molar-refractivity contribution in [2.24, 2.45) is 5.10 Å². The third-order valence-electron chi connectivity index (χ3n) is 6.64. The summed E-state index contributed by atoms with van der Waals surface area (Å²) in [5.41, 5.74) is 9.38. The lowest BCUT2D eigenvalue weighted by molar-refractivity contribution is -0.116. The third-order valence-corrected chi connectivity index (χ3v) is 6.64. The molecule has 0 atom stereocenters. The van der Waals surface area contributed by atoms with Gasteiger partial charge >= 0.3 is 0 Å². The fourth-order valence-corrected chi connectivity index (χ4v) is 4.56. The average Bonchev–Trinajstić information content (AvgIpc) is 3.45. The Balaban J connectivity index is 1.35. The van der Waals surface area contributed by atoms with E-state index in [9.17, 15) is 4.79 Å². The van der Waals surface area contributed by atoms with Gasteiger partial charge in [0.25, 0.3) is 5.91 Å². The first-order valence-corrected chi connectivity index (χ1v) is 11.5. The highest BCUT2D eigenvalue weighted by molar-refractivity contribution is 6.32. The van der Waals surface area contributed by atoms with Gasteiger partial charge in [-0.1, -0.05) is 6.42 Å². The zero-order valence-corrected chi connectivity index (χ0v) is 18.1. The number of nitrogens with zero attached hydrogens (tertiary/aromatic N) is 3. The number of aromatic amines is 1. The van der Waals surface area contributed by atoms with E-state index in [1.54, 1.807) is 12.3 Å². The summed E-state index contributed by atoms with van der Waals surface area (Å²) in [5, 5.41) is 15.9. The second-order valence-electron chi connectivity index (χ2n) is 8.94. The minimum absolute atomic E-state index is 0.196. The van der Waals surface area contributed by atoms with E-state index in [4.69, 9.17) is 0 Å². The molecule has 2 aliphatic carbocycles. The number of carbonyl (C=O) groups is 1. The molecule has 2 aromatic rings. The Morgan fingerprint density at radius 2 is 2.10 bits per heavy atom. The topological polar surface area (TPSA) is 95.1 Å². The number of hydrogen-bond acceptors (Lipinski definition) is 5. The highest BCUT2D eigenvalue weighted by Gasteiger charge is 2.32. The number of nitrogens with one attached hydrogen (secondary N) is 3. The zero-order chi connectivity index (χ0) is 21.2. The molecule has 0 spiro atoms. The fourth-order valence-electron chi connectivity index (χ4n) is 4.56. The number of rotatable bonds is 9. The summed E-state index contributed by atoms with van der Waals surface area (Å²) in [6, 6.07) is 4.39. The van der Waals surface area contributed by atoms with Crippen molar-refractivity contribution in [2.45, 2.75) is 70.3 Å². The summed E-state index contributed by atoms with van der Waals surface area (Å²) in [4.78, 5) is 16.1. The highest BCUT2D eigenvalue weighted by atomic mass is 16.2. The molecule has 5 rings (SSSR count). The minimum Gasteiger partial charge on any atom is -0.359 e. The van der Waals surface area contributed by atoms with E-state index in [1.165, 1.54) is 61.8 Å². The van der Waals surface area contributed by atoms with Gasteiger partial charge in [0.2, 0.25) is 0 Å². The van der Waals surface area contributed by atoms with Crippen LogP contribution >= 0.6 is 0 Å². The molecular weight excluding hydrogens is 388 g/mol. The van der Waals surface area contributed by atoms with Gasteiger partial charge in [-0.3, -0.25) is 4.79 Å². The van der Waals surface area contributed by atoms with E-state index in [2.05, 4.69) is 37.9 Å². The summed E-state index contributed by atoms with van der Waals surface area (Å²) >= 11 is 0. The molecule has 3 aliphatic rings. The quantitative estimate of drug-likeness (QED) is 0.430. The smallest absolute Gasteiger partial charge is 0.273 e. The summed E-state index contributed by atoms with van der Waals surface area (Å²) in [6.07, 6.45) is 13.5. The number of aryl methyl sites for hydroxylation is 1. The number of carbonyl (C=O) groups excluding carboxylic acids is 1. The Labute approximate surface area is 182 Å². The number of aromatic nitrogens is 3. The molecule has 1 amide bonds. The highest BCUT2D eigenvalue weighted by Crippen LogP contribution is 2.45. The first kappa shape index (κ1) is 20.1. The Hall–Kier alpha value is -2.80. The molecule has 3 heterocycles. The predicted molar refractivity (Wildman–Crippen MR) is 121 cm³/mol. The van der Waals surface area contributed by atoms with E-state index in [0.717, 1.165) is 24.7 Å². The van der Waals surface area contributed by atoms with Crippen LogP contribution in [0.2, 0.25) is 0 Å². The van der Waals surface area contributed by atoms with Crippen molar-refractivity contribution in [1.29, 1.82) is 0 Å². The van der Waals surface area contributed by atoms with Crippen LogP contribution in [0.4, 0.5) is 0 Å². The maximum Gasteiger partial charge on any atom is 0.273 e. The third kappa shape index (κ3) is 4.32. The summed E-state index contributed by atoms with van der Waals surface area (Å²) in [5.74, 6) is 0.402. The minimum atomic E-state index is -0.196. The van der Waals surface area contributed by atoms with Gasteiger partial charge in [0.05, 0.1) is 5.57 Å². The molecule has 7 heteroatoms. The lowest BCUT2D eigenvalue weighted by atomic mass is 9.93. The van der Waals surface area contributed by atoms with E-state index in [0.29, 0.717) is 22.9 Å². The molecule has 2 fully saturated rings. The van der Waals surface area contributed by atoms with Crippen molar-refractivity contribution in [3.8, 4) is 0 Å². The number of amides is 1. The van der Waals surface area contributed by atoms with E-state index < -0.39 is 0 Å². The van der Waals surface area contributed by atoms with Crippen molar-refractivity contribution in [3.05, 3.63) is 52.1 Å². The Kier molecular flexibility index (Phi) is 5.68. The van der Waals surface area contributed by atoms with E-state index >= 15 is 0 Å². The number of unbranched alkanes of at least 4 members (excludes halogenated alkanes) is 1. The van der Waals surface area contributed by atoms with Crippen molar-refractivity contribution >= 4 is 17.7 Å². The summed E-state index contributed by atoms with van der Waals surface area (Å²) in [6.45, 7) is 3.27. The molecule has 31 heavy (non-hydrogen) atoms. The van der Waals surface area contributed by atoms with Crippen LogP contribution in [-0.2, 0) is 11.2 Å². The monoisotopic (exact) mass is 418 g/mol. The van der Waals surface area contributed by atoms with Crippen LogP contribution in [0.5, 0.6) is 0 Å². The molecule has 7 nitrogen and oxygen atoms in total.